The molecule has 2 aromatic carbocycles. The van der Waals surface area contributed by atoms with E-state index in [9.17, 15) is 9.59 Å². The van der Waals surface area contributed by atoms with Crippen LogP contribution in [-0.4, -0.2) is 35.7 Å². The van der Waals surface area contributed by atoms with Gasteiger partial charge in [0.1, 0.15) is 11.4 Å². The third kappa shape index (κ3) is 7.43. The van der Waals surface area contributed by atoms with Crippen molar-refractivity contribution in [2.75, 3.05) is 18.5 Å². The summed E-state index contributed by atoms with van der Waals surface area (Å²) in [7, 11) is 0. The van der Waals surface area contributed by atoms with Crippen LogP contribution in [0.2, 0.25) is 0 Å². The van der Waals surface area contributed by atoms with E-state index >= 15 is 0 Å². The molecule has 0 unspecified atom stereocenters. The Kier molecular flexibility index (Phi) is 8.27. The molecule has 0 spiro atoms. The van der Waals surface area contributed by atoms with Crippen molar-refractivity contribution in [3.05, 3.63) is 59.7 Å². The lowest BCUT2D eigenvalue weighted by atomic mass is 10.1. The van der Waals surface area contributed by atoms with E-state index in [0.717, 1.165) is 12.0 Å². The standard InChI is InChI=1S/C24H32N2O4/c1-6-18-12-14-20(15-13-18)29-17-22(27)25-21-11-9-8-10-19(21)16-26(7-2)23(28)30-24(3,4)5/h8-15H,6-7,16-17H2,1-5H3,(H,25,27). The lowest BCUT2D eigenvalue weighted by Crippen LogP contribution is -2.36. The second-order valence-corrected chi connectivity index (χ2v) is 7.99. The van der Waals surface area contributed by atoms with Crippen molar-refractivity contribution in [1.82, 2.24) is 4.90 Å². The number of aryl methyl sites for hydroxylation is 1. The molecule has 162 valence electrons. The third-order valence-electron chi connectivity index (χ3n) is 4.39. The van der Waals surface area contributed by atoms with Gasteiger partial charge in [-0.2, -0.15) is 0 Å². The highest BCUT2D eigenvalue weighted by molar-refractivity contribution is 5.92. The molecule has 2 amide bonds. The van der Waals surface area contributed by atoms with E-state index in [1.54, 1.807) is 4.90 Å². The van der Waals surface area contributed by atoms with Crippen LogP contribution in [0, 0.1) is 0 Å². The van der Waals surface area contributed by atoms with Crippen molar-refractivity contribution in [2.24, 2.45) is 0 Å². The molecule has 2 aromatic rings. The highest BCUT2D eigenvalue weighted by Crippen LogP contribution is 2.19. The van der Waals surface area contributed by atoms with Gasteiger partial charge in [0.15, 0.2) is 6.61 Å². The zero-order valence-electron chi connectivity index (χ0n) is 18.5. The fourth-order valence-corrected chi connectivity index (χ4v) is 2.77. The van der Waals surface area contributed by atoms with E-state index in [1.807, 2.05) is 76.2 Å². The number of amides is 2. The molecule has 0 saturated heterocycles. The first-order chi connectivity index (χ1) is 14.2. The van der Waals surface area contributed by atoms with Gasteiger partial charge in [0.05, 0.1) is 6.54 Å². The first-order valence-corrected chi connectivity index (χ1v) is 10.3. The van der Waals surface area contributed by atoms with E-state index in [2.05, 4.69) is 12.2 Å². The Hall–Kier alpha value is -3.02. The van der Waals surface area contributed by atoms with Crippen LogP contribution in [0.15, 0.2) is 48.5 Å². The molecule has 0 saturated carbocycles. The molecule has 30 heavy (non-hydrogen) atoms. The smallest absolute Gasteiger partial charge is 0.410 e. The second kappa shape index (κ2) is 10.7. The Morgan fingerprint density at radius 3 is 2.27 bits per heavy atom. The normalized spacial score (nSPS) is 11.0. The summed E-state index contributed by atoms with van der Waals surface area (Å²) < 4.78 is 11.0. The maximum Gasteiger partial charge on any atom is 0.410 e. The first kappa shape index (κ1) is 23.3. The minimum atomic E-state index is -0.565. The fraction of sp³-hybridized carbons (Fsp3) is 0.417. The molecule has 0 radical (unpaired) electrons. The van der Waals surface area contributed by atoms with Crippen LogP contribution in [-0.2, 0) is 22.5 Å². The molecule has 0 bridgehead atoms. The average Bonchev–Trinajstić information content (AvgIpc) is 2.70. The summed E-state index contributed by atoms with van der Waals surface area (Å²) in [6.45, 7) is 10.2. The molecule has 0 heterocycles. The molecule has 6 heteroatoms. The molecule has 0 aliphatic rings. The number of hydrogen-bond acceptors (Lipinski definition) is 4. The van der Waals surface area contributed by atoms with Gasteiger partial charge in [0.25, 0.3) is 5.91 Å². The van der Waals surface area contributed by atoms with Crippen LogP contribution in [0.3, 0.4) is 0 Å². The monoisotopic (exact) mass is 412 g/mol. The van der Waals surface area contributed by atoms with Crippen molar-refractivity contribution in [2.45, 2.75) is 53.2 Å². The Bertz CT molecular complexity index is 841. The quantitative estimate of drug-likeness (QED) is 0.661. The number of rotatable bonds is 8. The van der Waals surface area contributed by atoms with Crippen molar-refractivity contribution >= 4 is 17.7 Å². The fourth-order valence-electron chi connectivity index (χ4n) is 2.77. The molecule has 0 fully saturated rings. The predicted molar refractivity (Wildman–Crippen MR) is 119 cm³/mol. The van der Waals surface area contributed by atoms with E-state index in [-0.39, 0.29) is 18.6 Å². The van der Waals surface area contributed by atoms with Crippen LogP contribution in [0.25, 0.3) is 0 Å². The summed E-state index contributed by atoms with van der Waals surface area (Å²) in [5.41, 5.74) is 2.12. The molecule has 0 aliphatic carbocycles. The van der Waals surface area contributed by atoms with Crippen molar-refractivity contribution in [3.8, 4) is 5.75 Å². The second-order valence-electron chi connectivity index (χ2n) is 7.99. The van der Waals surface area contributed by atoms with Crippen LogP contribution in [0.4, 0.5) is 10.5 Å². The van der Waals surface area contributed by atoms with Crippen molar-refractivity contribution < 1.29 is 19.1 Å². The highest BCUT2D eigenvalue weighted by Gasteiger charge is 2.22. The van der Waals surface area contributed by atoms with Gasteiger partial charge in [0.2, 0.25) is 0 Å². The largest absolute Gasteiger partial charge is 0.484 e. The number of nitrogens with one attached hydrogen (secondary N) is 1. The van der Waals surface area contributed by atoms with Gasteiger partial charge in [-0.25, -0.2) is 4.79 Å². The minimum Gasteiger partial charge on any atom is -0.484 e. The number of anilines is 1. The van der Waals surface area contributed by atoms with Gasteiger partial charge in [-0.15, -0.1) is 0 Å². The van der Waals surface area contributed by atoms with E-state index < -0.39 is 5.60 Å². The molecular weight excluding hydrogens is 380 g/mol. The molecular formula is C24H32N2O4. The number of benzene rings is 2. The van der Waals surface area contributed by atoms with Crippen LogP contribution < -0.4 is 10.1 Å². The van der Waals surface area contributed by atoms with Gasteiger partial charge < -0.3 is 19.7 Å². The summed E-state index contributed by atoms with van der Waals surface area (Å²) in [4.78, 5) is 26.4. The van der Waals surface area contributed by atoms with Crippen molar-refractivity contribution in [1.29, 1.82) is 0 Å². The van der Waals surface area contributed by atoms with Crippen molar-refractivity contribution in [3.63, 3.8) is 0 Å². The zero-order chi connectivity index (χ0) is 22.1. The lowest BCUT2D eigenvalue weighted by molar-refractivity contribution is -0.118. The maximum absolute atomic E-state index is 12.4. The summed E-state index contributed by atoms with van der Waals surface area (Å²) in [6, 6.07) is 15.1. The topological polar surface area (TPSA) is 67.9 Å². The minimum absolute atomic E-state index is 0.0939. The zero-order valence-corrected chi connectivity index (χ0v) is 18.5. The van der Waals surface area contributed by atoms with Gasteiger partial charge in [-0.3, -0.25) is 4.79 Å². The molecule has 0 atom stereocenters. The van der Waals surface area contributed by atoms with Gasteiger partial charge in [-0.05, 0) is 63.4 Å². The maximum atomic E-state index is 12.4. The van der Waals surface area contributed by atoms with Crippen LogP contribution >= 0.6 is 0 Å². The van der Waals surface area contributed by atoms with E-state index in [0.29, 0.717) is 24.5 Å². The Labute approximate surface area is 179 Å². The molecule has 0 aromatic heterocycles. The summed E-state index contributed by atoms with van der Waals surface area (Å²) in [6.07, 6.45) is 0.570. The summed E-state index contributed by atoms with van der Waals surface area (Å²) in [5, 5.41) is 2.88. The lowest BCUT2D eigenvalue weighted by Gasteiger charge is -2.27. The van der Waals surface area contributed by atoms with Gasteiger partial charge >= 0.3 is 6.09 Å². The van der Waals surface area contributed by atoms with Gasteiger partial charge in [0, 0.05) is 12.2 Å². The number of carbonyl (C=O) groups is 2. The van der Waals surface area contributed by atoms with Crippen LogP contribution in [0.1, 0.15) is 45.7 Å². The third-order valence-corrected chi connectivity index (χ3v) is 4.39. The number of nitrogens with zero attached hydrogens (tertiary/aromatic N) is 1. The first-order valence-electron chi connectivity index (χ1n) is 10.3. The number of carbonyl (C=O) groups excluding carboxylic acids is 2. The number of hydrogen-bond donors (Lipinski definition) is 1. The molecule has 6 nitrogen and oxygen atoms in total. The summed E-state index contributed by atoms with van der Waals surface area (Å²) in [5.74, 6) is 0.389. The molecule has 0 aliphatic heterocycles. The average molecular weight is 413 g/mol. The molecule has 2 rings (SSSR count). The Balaban J connectivity index is 1.99. The number of ether oxygens (including phenoxy) is 2. The Morgan fingerprint density at radius 1 is 1.00 bits per heavy atom. The molecule has 1 N–H and O–H groups in total. The SMILES string of the molecule is CCc1ccc(OCC(=O)Nc2ccccc2CN(CC)C(=O)OC(C)(C)C)cc1. The highest BCUT2D eigenvalue weighted by atomic mass is 16.6. The van der Waals surface area contributed by atoms with Crippen LogP contribution in [0.5, 0.6) is 5.75 Å². The Morgan fingerprint density at radius 2 is 1.67 bits per heavy atom. The predicted octanol–water partition coefficient (Wildman–Crippen LogP) is 5.02. The summed E-state index contributed by atoms with van der Waals surface area (Å²) >= 11 is 0. The van der Waals surface area contributed by atoms with E-state index in [1.165, 1.54) is 5.56 Å². The van der Waals surface area contributed by atoms with E-state index in [4.69, 9.17) is 9.47 Å². The van der Waals surface area contributed by atoms with Gasteiger partial charge in [-0.1, -0.05) is 37.3 Å². The number of para-hydroxylation sites is 1.